The van der Waals surface area contributed by atoms with Gasteiger partial charge >= 0.3 is 0 Å². The second kappa shape index (κ2) is 4.03. The van der Waals surface area contributed by atoms with Gasteiger partial charge in [0.2, 0.25) is 0 Å². The standard InChI is InChI=1S/C14H11ClN2O/c1-8-10(3-2-4-11(8)15)14-16-12-6-5-9(18)7-13(12)17-14/h2-7,18H,1H3,(H,16,17). The van der Waals surface area contributed by atoms with Crippen LogP contribution >= 0.6 is 11.6 Å². The number of H-pyrrole nitrogens is 1. The highest BCUT2D eigenvalue weighted by atomic mass is 35.5. The second-order valence-electron chi connectivity index (χ2n) is 4.20. The SMILES string of the molecule is Cc1c(Cl)cccc1-c1nc2ccc(O)cc2[nH]1. The maximum atomic E-state index is 9.44. The molecule has 0 amide bonds. The van der Waals surface area contributed by atoms with Gasteiger partial charge in [0.15, 0.2) is 0 Å². The molecule has 0 radical (unpaired) electrons. The Hall–Kier alpha value is -2.00. The number of aromatic nitrogens is 2. The molecule has 1 aromatic heterocycles. The van der Waals surface area contributed by atoms with Crippen LogP contribution in [0.4, 0.5) is 0 Å². The van der Waals surface area contributed by atoms with Crippen LogP contribution in [0.2, 0.25) is 5.02 Å². The first-order valence-electron chi connectivity index (χ1n) is 5.59. The van der Waals surface area contributed by atoms with Crippen molar-refractivity contribution in [1.82, 2.24) is 9.97 Å². The van der Waals surface area contributed by atoms with Crippen molar-refractivity contribution in [3.63, 3.8) is 0 Å². The number of rotatable bonds is 1. The lowest BCUT2D eigenvalue weighted by molar-refractivity contribution is 0.476. The van der Waals surface area contributed by atoms with E-state index in [1.54, 1.807) is 18.2 Å². The third-order valence-corrected chi connectivity index (χ3v) is 3.40. The Morgan fingerprint density at radius 3 is 2.89 bits per heavy atom. The molecule has 1 heterocycles. The molecule has 0 aliphatic carbocycles. The van der Waals surface area contributed by atoms with Crippen LogP contribution in [0.3, 0.4) is 0 Å². The highest BCUT2D eigenvalue weighted by Crippen LogP contribution is 2.28. The summed E-state index contributed by atoms with van der Waals surface area (Å²) in [5, 5.41) is 10.2. The minimum Gasteiger partial charge on any atom is -0.508 e. The van der Waals surface area contributed by atoms with Crippen molar-refractivity contribution in [3.8, 4) is 17.1 Å². The van der Waals surface area contributed by atoms with E-state index in [1.165, 1.54) is 0 Å². The quantitative estimate of drug-likeness (QED) is 0.695. The molecule has 90 valence electrons. The second-order valence-corrected chi connectivity index (χ2v) is 4.61. The third kappa shape index (κ3) is 1.73. The van der Waals surface area contributed by atoms with E-state index in [-0.39, 0.29) is 5.75 Å². The van der Waals surface area contributed by atoms with Gasteiger partial charge in [0.1, 0.15) is 11.6 Å². The molecule has 0 saturated heterocycles. The average Bonchev–Trinajstić information content (AvgIpc) is 2.75. The van der Waals surface area contributed by atoms with Gasteiger partial charge in [0.05, 0.1) is 11.0 Å². The summed E-state index contributed by atoms with van der Waals surface area (Å²) >= 11 is 6.11. The zero-order chi connectivity index (χ0) is 12.7. The van der Waals surface area contributed by atoms with Crippen molar-refractivity contribution >= 4 is 22.6 Å². The maximum Gasteiger partial charge on any atom is 0.138 e. The molecule has 0 unspecified atom stereocenters. The lowest BCUT2D eigenvalue weighted by Gasteiger charge is -2.03. The molecule has 2 aromatic carbocycles. The highest BCUT2D eigenvalue weighted by Gasteiger charge is 2.09. The number of imidazole rings is 1. The average molecular weight is 259 g/mol. The van der Waals surface area contributed by atoms with Gasteiger partial charge in [-0.05, 0) is 30.7 Å². The summed E-state index contributed by atoms with van der Waals surface area (Å²) in [6, 6.07) is 10.8. The summed E-state index contributed by atoms with van der Waals surface area (Å²) in [5.74, 6) is 0.983. The lowest BCUT2D eigenvalue weighted by Crippen LogP contribution is -1.85. The zero-order valence-corrected chi connectivity index (χ0v) is 10.5. The molecular formula is C14H11ClN2O. The lowest BCUT2D eigenvalue weighted by atomic mass is 10.1. The number of aromatic hydroxyl groups is 1. The smallest absolute Gasteiger partial charge is 0.138 e. The van der Waals surface area contributed by atoms with E-state index in [1.807, 2.05) is 25.1 Å². The predicted octanol–water partition coefficient (Wildman–Crippen LogP) is 3.90. The topological polar surface area (TPSA) is 48.9 Å². The number of hydrogen-bond acceptors (Lipinski definition) is 2. The first-order valence-corrected chi connectivity index (χ1v) is 5.97. The Balaban J connectivity index is 2.22. The van der Waals surface area contributed by atoms with E-state index in [4.69, 9.17) is 11.6 Å². The van der Waals surface area contributed by atoms with Crippen LogP contribution in [0.1, 0.15) is 5.56 Å². The molecule has 0 aliphatic heterocycles. The molecule has 0 saturated carbocycles. The fourth-order valence-electron chi connectivity index (χ4n) is 1.99. The fourth-order valence-corrected chi connectivity index (χ4v) is 2.16. The largest absolute Gasteiger partial charge is 0.508 e. The van der Waals surface area contributed by atoms with Crippen molar-refractivity contribution in [2.45, 2.75) is 6.92 Å². The molecule has 3 aromatic rings. The van der Waals surface area contributed by atoms with Crippen molar-refractivity contribution in [3.05, 3.63) is 47.0 Å². The van der Waals surface area contributed by atoms with Crippen LogP contribution in [0, 0.1) is 6.92 Å². The maximum absolute atomic E-state index is 9.44. The van der Waals surface area contributed by atoms with Crippen molar-refractivity contribution in [2.75, 3.05) is 0 Å². The Kier molecular flexibility index (Phi) is 2.49. The summed E-state index contributed by atoms with van der Waals surface area (Å²) < 4.78 is 0. The van der Waals surface area contributed by atoms with Gasteiger partial charge in [-0.15, -0.1) is 0 Å². The molecule has 0 spiro atoms. The van der Waals surface area contributed by atoms with Crippen LogP contribution in [0.5, 0.6) is 5.75 Å². The van der Waals surface area contributed by atoms with E-state index in [9.17, 15) is 5.11 Å². The minimum absolute atomic E-state index is 0.223. The zero-order valence-electron chi connectivity index (χ0n) is 9.74. The Labute approximate surface area is 109 Å². The van der Waals surface area contributed by atoms with E-state index >= 15 is 0 Å². The number of benzene rings is 2. The number of nitrogens with zero attached hydrogens (tertiary/aromatic N) is 1. The van der Waals surface area contributed by atoms with Crippen molar-refractivity contribution in [1.29, 1.82) is 0 Å². The molecule has 0 fully saturated rings. The number of halogens is 1. The van der Waals surface area contributed by atoms with Gasteiger partial charge in [-0.3, -0.25) is 0 Å². The van der Waals surface area contributed by atoms with E-state index < -0.39 is 0 Å². The number of phenols is 1. The van der Waals surface area contributed by atoms with Crippen LogP contribution in [-0.4, -0.2) is 15.1 Å². The van der Waals surface area contributed by atoms with Crippen molar-refractivity contribution < 1.29 is 5.11 Å². The highest BCUT2D eigenvalue weighted by molar-refractivity contribution is 6.31. The van der Waals surface area contributed by atoms with E-state index in [2.05, 4.69) is 9.97 Å². The van der Waals surface area contributed by atoms with Gasteiger partial charge in [-0.25, -0.2) is 4.98 Å². The number of hydrogen-bond donors (Lipinski definition) is 2. The van der Waals surface area contributed by atoms with Gasteiger partial charge < -0.3 is 10.1 Å². The Morgan fingerprint density at radius 1 is 1.22 bits per heavy atom. The molecule has 0 atom stereocenters. The molecule has 18 heavy (non-hydrogen) atoms. The molecule has 0 bridgehead atoms. The van der Waals surface area contributed by atoms with Crippen LogP contribution in [0.25, 0.3) is 22.4 Å². The summed E-state index contributed by atoms with van der Waals surface area (Å²) in [6.45, 7) is 1.96. The number of phenolic OH excluding ortho intramolecular Hbond substituents is 1. The molecular weight excluding hydrogens is 248 g/mol. The summed E-state index contributed by atoms with van der Waals surface area (Å²) in [7, 11) is 0. The van der Waals surface area contributed by atoms with Crippen LogP contribution in [0.15, 0.2) is 36.4 Å². The van der Waals surface area contributed by atoms with Gasteiger partial charge in [0.25, 0.3) is 0 Å². The Bertz CT molecular complexity index is 734. The summed E-state index contributed by atoms with van der Waals surface area (Å²) in [5.41, 5.74) is 3.59. The summed E-state index contributed by atoms with van der Waals surface area (Å²) in [4.78, 5) is 7.69. The first kappa shape index (κ1) is 11.1. The van der Waals surface area contributed by atoms with Gasteiger partial charge in [-0.1, -0.05) is 23.7 Å². The fraction of sp³-hybridized carbons (Fsp3) is 0.0714. The minimum atomic E-state index is 0.223. The van der Waals surface area contributed by atoms with Crippen molar-refractivity contribution in [2.24, 2.45) is 0 Å². The molecule has 3 nitrogen and oxygen atoms in total. The summed E-state index contributed by atoms with van der Waals surface area (Å²) in [6.07, 6.45) is 0. The van der Waals surface area contributed by atoms with Crippen LogP contribution < -0.4 is 0 Å². The van der Waals surface area contributed by atoms with Gasteiger partial charge in [-0.2, -0.15) is 0 Å². The molecule has 2 N–H and O–H groups in total. The molecule has 0 aliphatic rings. The third-order valence-electron chi connectivity index (χ3n) is 2.99. The molecule has 4 heteroatoms. The first-order chi connectivity index (χ1) is 8.65. The number of fused-ring (bicyclic) bond motifs is 1. The number of aromatic amines is 1. The molecule has 3 rings (SSSR count). The van der Waals surface area contributed by atoms with Crippen LogP contribution in [-0.2, 0) is 0 Å². The number of nitrogens with one attached hydrogen (secondary N) is 1. The monoisotopic (exact) mass is 258 g/mol. The predicted molar refractivity (Wildman–Crippen MR) is 72.9 cm³/mol. The normalized spacial score (nSPS) is 11.0. The van der Waals surface area contributed by atoms with E-state index in [0.29, 0.717) is 0 Å². The van der Waals surface area contributed by atoms with Gasteiger partial charge in [0, 0.05) is 16.7 Å². The Morgan fingerprint density at radius 2 is 2.06 bits per heavy atom. The van der Waals surface area contributed by atoms with E-state index in [0.717, 1.165) is 33.0 Å².